The van der Waals surface area contributed by atoms with Crippen molar-refractivity contribution in [3.8, 4) is 22.5 Å². The maximum Gasteiger partial charge on any atom is 0.162 e. The Morgan fingerprint density at radius 2 is 0.892 bits per heavy atom. The second kappa shape index (κ2) is 27.0. The fraction of sp³-hybridized carbons (Fsp3) is 0.370. The van der Waals surface area contributed by atoms with Crippen LogP contribution in [0.1, 0.15) is 107 Å². The minimum Gasteiger partial charge on any atom is -0.545 e. The van der Waals surface area contributed by atoms with Crippen LogP contribution in [0.5, 0.6) is 0 Å². The Morgan fingerprint density at radius 1 is 0.538 bits per heavy atom. The number of hydrogen-bond acceptors (Lipinski definition) is 9. The zero-order chi connectivity index (χ0) is 45.5. The average Bonchev–Trinajstić information content (AvgIpc) is 3.70. The van der Waals surface area contributed by atoms with Crippen molar-refractivity contribution in [3.63, 3.8) is 0 Å². The zero-order valence-electron chi connectivity index (χ0n) is 38.7. The molecule has 0 spiro atoms. The summed E-state index contributed by atoms with van der Waals surface area (Å²) in [6.07, 6.45) is 16.9. The van der Waals surface area contributed by atoms with Gasteiger partial charge in [-0.1, -0.05) is 102 Å². The number of pyridine rings is 4. The SMILES string of the molecule is CCC(CC)C(=O)/C=C(\O)C(CC)CC.CCC(CC)C(=O)/C=C(\O)C(CC)CC.[Pt].[Pt].[c-]1ccc2c(oc3c(-c4ccc5ccncc5n4)[c-]ccc32)c1-c1ccc2ccncc2n1. The Kier molecular flexibility index (Phi) is 22.6. The molecule has 9 nitrogen and oxygen atoms in total. The fourth-order valence-corrected chi connectivity index (χ4v) is 7.86. The van der Waals surface area contributed by atoms with Crippen LogP contribution in [-0.4, -0.2) is 41.7 Å². The number of benzene rings is 2. The number of rotatable bonds is 16. The van der Waals surface area contributed by atoms with E-state index in [1.165, 1.54) is 12.2 Å². The van der Waals surface area contributed by atoms with Crippen LogP contribution >= 0.6 is 0 Å². The summed E-state index contributed by atoms with van der Waals surface area (Å²) in [5.74, 6) is 1.09. The van der Waals surface area contributed by atoms with Gasteiger partial charge in [-0.25, -0.2) is 0 Å². The van der Waals surface area contributed by atoms with Crippen molar-refractivity contribution in [2.75, 3.05) is 0 Å². The molecule has 0 fully saturated rings. The standard InChI is InChI=1S/C28H14N4O.2C13H24O2.2Pt/c1-3-19-20-4-2-6-22(24-10-8-18-12-14-30-16-26(18)32-24)28(20)33-27(19)21(5-1)23-9-7-17-11-13-29-15-25(17)31-23;2*1-5-10(6-2)12(14)9-13(15)11(7-3)8-4;;/h1-4,7-16H;2*9-11,14H,5-8H2,1-4H3;;/q-2;;;;/b;2*12-9-;;. The predicted octanol–water partition coefficient (Wildman–Crippen LogP) is 14.1. The van der Waals surface area contributed by atoms with Gasteiger partial charge in [0.2, 0.25) is 0 Å². The van der Waals surface area contributed by atoms with Crippen molar-refractivity contribution in [1.82, 2.24) is 19.9 Å². The number of carbonyl (C=O) groups excluding carboxylic acids is 2. The third-order valence-corrected chi connectivity index (χ3v) is 12.1. The Labute approximate surface area is 413 Å². The first kappa shape index (κ1) is 54.5. The molecule has 7 aromatic rings. The van der Waals surface area contributed by atoms with E-state index in [2.05, 4.69) is 22.1 Å². The predicted molar refractivity (Wildman–Crippen MR) is 256 cm³/mol. The quantitative estimate of drug-likeness (QED) is 0.0550. The van der Waals surface area contributed by atoms with E-state index < -0.39 is 0 Å². The molecule has 2 N–H and O–H groups in total. The van der Waals surface area contributed by atoms with Crippen LogP contribution in [0.15, 0.2) is 114 Å². The summed E-state index contributed by atoms with van der Waals surface area (Å²) >= 11 is 0. The van der Waals surface area contributed by atoms with Gasteiger partial charge in [0.25, 0.3) is 0 Å². The minimum atomic E-state index is 0. The number of allylic oxidation sites excluding steroid dienone is 4. The maximum absolute atomic E-state index is 11.7. The Bertz CT molecular complexity index is 2500. The molecule has 0 aliphatic carbocycles. The molecule has 7 rings (SSSR count). The van der Waals surface area contributed by atoms with E-state index in [4.69, 9.17) is 14.4 Å². The largest absolute Gasteiger partial charge is 0.545 e. The van der Waals surface area contributed by atoms with Gasteiger partial charge in [-0.2, -0.15) is 0 Å². The third kappa shape index (κ3) is 13.6. The molecule has 0 atom stereocenters. The number of furan rings is 1. The van der Waals surface area contributed by atoms with Gasteiger partial charge in [0.15, 0.2) is 11.6 Å². The summed E-state index contributed by atoms with van der Waals surface area (Å²) in [6, 6.07) is 26.5. The Morgan fingerprint density at radius 3 is 1.23 bits per heavy atom. The van der Waals surface area contributed by atoms with Gasteiger partial charge in [0, 0.05) is 112 Å². The van der Waals surface area contributed by atoms with Gasteiger partial charge in [0.05, 0.1) is 34.9 Å². The molecule has 0 aliphatic rings. The minimum absolute atomic E-state index is 0. The molecule has 5 aromatic heterocycles. The van der Waals surface area contributed by atoms with E-state index in [1.54, 1.807) is 24.8 Å². The van der Waals surface area contributed by atoms with Crippen LogP contribution in [0.25, 0.3) is 66.3 Å². The first-order valence-electron chi connectivity index (χ1n) is 22.6. The van der Waals surface area contributed by atoms with Gasteiger partial charge in [-0.3, -0.25) is 29.5 Å². The molecule has 350 valence electrons. The number of nitrogens with zero attached hydrogens (tertiary/aromatic N) is 4. The van der Waals surface area contributed by atoms with E-state index in [0.717, 1.165) is 118 Å². The van der Waals surface area contributed by atoms with Crippen molar-refractivity contribution in [3.05, 3.63) is 121 Å². The molecule has 0 unspecified atom stereocenters. The van der Waals surface area contributed by atoms with Crippen molar-refractivity contribution >= 4 is 55.3 Å². The van der Waals surface area contributed by atoms with Gasteiger partial charge < -0.3 is 14.6 Å². The van der Waals surface area contributed by atoms with Crippen LogP contribution in [0, 0.1) is 35.8 Å². The van der Waals surface area contributed by atoms with Crippen molar-refractivity contribution in [2.45, 2.75) is 107 Å². The Hall–Kier alpha value is -4.84. The van der Waals surface area contributed by atoms with Gasteiger partial charge >= 0.3 is 0 Å². The summed E-state index contributed by atoms with van der Waals surface area (Å²) < 4.78 is 6.47. The van der Waals surface area contributed by atoms with Crippen LogP contribution in [-0.2, 0) is 51.7 Å². The molecule has 0 saturated carbocycles. The average molecular weight is 1240 g/mol. The van der Waals surface area contributed by atoms with Crippen molar-refractivity contribution < 1.29 is 66.3 Å². The molecule has 0 bridgehead atoms. The monoisotopic (exact) mass is 1240 g/mol. The van der Waals surface area contributed by atoms with E-state index in [1.807, 2.05) is 116 Å². The molecule has 65 heavy (non-hydrogen) atoms. The fourth-order valence-electron chi connectivity index (χ4n) is 7.86. The number of fused-ring (bicyclic) bond motifs is 5. The molecule has 0 aliphatic heterocycles. The number of ketones is 2. The van der Waals surface area contributed by atoms with E-state index in [0.29, 0.717) is 0 Å². The van der Waals surface area contributed by atoms with Gasteiger partial charge in [-0.05, 0) is 74.9 Å². The number of aromatic nitrogens is 4. The van der Waals surface area contributed by atoms with E-state index in [-0.39, 0.29) is 88.9 Å². The van der Waals surface area contributed by atoms with Crippen LogP contribution in [0.4, 0.5) is 0 Å². The molecule has 0 amide bonds. The number of carbonyl (C=O) groups is 2. The van der Waals surface area contributed by atoms with E-state index in [9.17, 15) is 19.8 Å². The maximum atomic E-state index is 11.7. The summed E-state index contributed by atoms with van der Waals surface area (Å²) in [5.41, 5.74) is 6.37. The smallest absolute Gasteiger partial charge is 0.162 e. The number of aliphatic hydroxyl groups excluding tert-OH is 2. The van der Waals surface area contributed by atoms with Gasteiger partial charge in [0.1, 0.15) is 0 Å². The van der Waals surface area contributed by atoms with Crippen molar-refractivity contribution in [1.29, 1.82) is 0 Å². The molecule has 11 heteroatoms. The Balaban J connectivity index is 0.000000298. The topological polar surface area (TPSA) is 139 Å². The second-order valence-corrected chi connectivity index (χ2v) is 15.8. The normalized spacial score (nSPS) is 11.7. The van der Waals surface area contributed by atoms with Crippen LogP contribution in [0.3, 0.4) is 0 Å². The first-order chi connectivity index (χ1) is 30.5. The third-order valence-electron chi connectivity index (χ3n) is 12.1. The molecule has 2 aromatic carbocycles. The summed E-state index contributed by atoms with van der Waals surface area (Å²) in [4.78, 5) is 41.4. The summed E-state index contributed by atoms with van der Waals surface area (Å²) in [7, 11) is 0. The van der Waals surface area contributed by atoms with Crippen LogP contribution in [0.2, 0.25) is 0 Å². The molecule has 5 heterocycles. The van der Waals surface area contributed by atoms with Crippen LogP contribution < -0.4 is 0 Å². The molecule has 0 saturated heterocycles. The van der Waals surface area contributed by atoms with Gasteiger partial charge in [-0.15, -0.1) is 36.4 Å². The number of hydrogen-bond donors (Lipinski definition) is 2. The zero-order valence-corrected chi connectivity index (χ0v) is 43.3. The molecular formula is C54H62N4O5Pt2-2. The molecular weight excluding hydrogens is 1170 g/mol. The van der Waals surface area contributed by atoms with E-state index >= 15 is 0 Å². The first-order valence-corrected chi connectivity index (χ1v) is 22.6. The second-order valence-electron chi connectivity index (χ2n) is 15.8. The number of aliphatic hydroxyl groups is 2. The van der Waals surface area contributed by atoms with Crippen molar-refractivity contribution in [2.24, 2.45) is 23.7 Å². The summed E-state index contributed by atoms with van der Waals surface area (Å²) in [5, 5.41) is 23.6. The summed E-state index contributed by atoms with van der Waals surface area (Å²) in [6.45, 7) is 16.1. The molecule has 0 radical (unpaired) electrons.